The van der Waals surface area contributed by atoms with E-state index in [2.05, 4.69) is 32.6 Å². The minimum absolute atomic E-state index is 0.0169. The van der Waals surface area contributed by atoms with Crippen molar-refractivity contribution in [3.05, 3.63) is 71.7 Å². The number of para-hydroxylation sites is 1. The largest absolute Gasteiger partial charge is 0.359 e. The zero-order valence-electron chi connectivity index (χ0n) is 15.3. The van der Waals surface area contributed by atoms with Crippen LogP contribution < -0.4 is 5.32 Å². The highest BCUT2D eigenvalue weighted by Crippen LogP contribution is 2.36. The molecule has 3 heterocycles. The van der Waals surface area contributed by atoms with Crippen LogP contribution in [0, 0.1) is 0 Å². The number of amides is 1. The molecule has 1 aliphatic rings. The Morgan fingerprint density at radius 2 is 2.07 bits per heavy atom. The van der Waals surface area contributed by atoms with Crippen LogP contribution in [0.1, 0.15) is 35.8 Å². The minimum Gasteiger partial charge on any atom is -0.359 e. The van der Waals surface area contributed by atoms with Crippen LogP contribution in [0.5, 0.6) is 0 Å². The van der Waals surface area contributed by atoms with Crippen molar-refractivity contribution in [1.82, 2.24) is 20.4 Å². The number of benzene rings is 1. The average molecular weight is 372 g/mol. The Kier molecular flexibility index (Phi) is 4.16. The Morgan fingerprint density at radius 3 is 2.96 bits per heavy atom. The lowest BCUT2D eigenvalue weighted by molar-refractivity contribution is -0.123. The molecule has 1 aliphatic carbocycles. The number of fused-ring (bicyclic) bond motifs is 3. The fraction of sp³-hybridized carbons (Fsp3) is 0.227. The second-order valence-electron chi connectivity index (χ2n) is 7.12. The van der Waals surface area contributed by atoms with Crippen LogP contribution in [-0.2, 0) is 17.8 Å². The molecular formula is C22H20N4O2. The molecule has 5 rings (SSSR count). The number of carbonyl (C=O) groups is 1. The normalized spacial score (nSPS) is 16.1. The summed E-state index contributed by atoms with van der Waals surface area (Å²) in [5.41, 5.74) is 4.84. The van der Waals surface area contributed by atoms with E-state index in [0.717, 1.165) is 36.2 Å². The quantitative estimate of drug-likeness (QED) is 0.568. The van der Waals surface area contributed by atoms with Crippen LogP contribution >= 0.6 is 0 Å². The number of nitrogens with zero attached hydrogens (tertiary/aromatic N) is 2. The number of hydrogen-bond donors (Lipinski definition) is 2. The molecular weight excluding hydrogens is 352 g/mol. The Labute approximate surface area is 162 Å². The van der Waals surface area contributed by atoms with Gasteiger partial charge in [0.2, 0.25) is 5.91 Å². The maximum atomic E-state index is 12.9. The smallest absolute Gasteiger partial charge is 0.229 e. The molecule has 4 aromatic rings. The van der Waals surface area contributed by atoms with Gasteiger partial charge in [-0.3, -0.25) is 9.78 Å². The van der Waals surface area contributed by atoms with Crippen molar-refractivity contribution in [2.24, 2.45) is 0 Å². The standard InChI is InChI=1S/C22H20N4O2/c27-22(24-13-14-12-20(26-28-14)19-10-3-4-11-23-19)17-8-5-7-16-15-6-1-2-9-18(15)25-21(16)17/h1-4,6,9-12,17,25H,5,7-8,13H2,(H,24,27)/t17-/m0/s1. The molecule has 0 radical (unpaired) electrons. The molecule has 6 heteroatoms. The summed E-state index contributed by atoms with van der Waals surface area (Å²) < 4.78 is 5.36. The first-order valence-corrected chi connectivity index (χ1v) is 9.54. The molecule has 6 nitrogen and oxygen atoms in total. The summed E-state index contributed by atoms with van der Waals surface area (Å²) in [6, 6.07) is 15.7. The van der Waals surface area contributed by atoms with Gasteiger partial charge in [-0.25, -0.2) is 0 Å². The topological polar surface area (TPSA) is 83.8 Å². The van der Waals surface area contributed by atoms with E-state index in [-0.39, 0.29) is 11.8 Å². The highest BCUT2D eigenvalue weighted by molar-refractivity contribution is 5.90. The summed E-state index contributed by atoms with van der Waals surface area (Å²) in [6.07, 6.45) is 4.59. The molecule has 28 heavy (non-hydrogen) atoms. The summed E-state index contributed by atoms with van der Waals surface area (Å²) in [4.78, 5) is 20.6. The number of pyridine rings is 1. The van der Waals surface area contributed by atoms with Gasteiger partial charge in [-0.15, -0.1) is 0 Å². The molecule has 3 aromatic heterocycles. The van der Waals surface area contributed by atoms with Crippen LogP contribution in [0.25, 0.3) is 22.3 Å². The summed E-state index contributed by atoms with van der Waals surface area (Å²) in [5, 5.41) is 8.28. The SMILES string of the molecule is O=C(NCc1cc(-c2ccccn2)no1)[C@H]1CCCc2c1[nH]c1ccccc21. The molecule has 1 aromatic carbocycles. The van der Waals surface area contributed by atoms with E-state index >= 15 is 0 Å². The van der Waals surface area contributed by atoms with Gasteiger partial charge in [0.1, 0.15) is 5.69 Å². The van der Waals surface area contributed by atoms with Crippen LogP contribution in [-0.4, -0.2) is 21.0 Å². The van der Waals surface area contributed by atoms with Crippen LogP contribution in [0.3, 0.4) is 0 Å². The summed E-state index contributed by atoms with van der Waals surface area (Å²) in [7, 11) is 0. The van der Waals surface area contributed by atoms with Crippen LogP contribution in [0.2, 0.25) is 0 Å². The molecule has 1 amide bonds. The maximum Gasteiger partial charge on any atom is 0.229 e. The Hall–Kier alpha value is -3.41. The number of carbonyl (C=O) groups excluding carboxylic acids is 1. The lowest BCUT2D eigenvalue weighted by Gasteiger charge is -2.21. The Morgan fingerprint density at radius 1 is 1.18 bits per heavy atom. The lowest BCUT2D eigenvalue weighted by Crippen LogP contribution is -2.31. The van der Waals surface area contributed by atoms with Gasteiger partial charge in [-0.2, -0.15) is 0 Å². The molecule has 0 bridgehead atoms. The predicted octanol–water partition coefficient (Wildman–Crippen LogP) is 3.95. The third kappa shape index (κ3) is 2.97. The number of aromatic amines is 1. The van der Waals surface area contributed by atoms with Crippen molar-refractivity contribution in [3.63, 3.8) is 0 Å². The minimum atomic E-state index is -0.158. The first-order valence-electron chi connectivity index (χ1n) is 9.54. The molecule has 0 aliphatic heterocycles. The number of aromatic nitrogens is 3. The second kappa shape index (κ2) is 6.96. The molecule has 0 fully saturated rings. The van der Waals surface area contributed by atoms with Gasteiger partial charge in [0.15, 0.2) is 5.76 Å². The molecule has 2 N–H and O–H groups in total. The van der Waals surface area contributed by atoms with Crippen molar-refractivity contribution in [3.8, 4) is 11.4 Å². The number of H-pyrrole nitrogens is 1. The Balaban J connectivity index is 1.32. The van der Waals surface area contributed by atoms with E-state index in [1.54, 1.807) is 6.20 Å². The summed E-state index contributed by atoms with van der Waals surface area (Å²) >= 11 is 0. The average Bonchev–Trinajstić information content (AvgIpc) is 3.37. The molecule has 140 valence electrons. The van der Waals surface area contributed by atoms with E-state index < -0.39 is 0 Å². The van der Waals surface area contributed by atoms with Crippen LogP contribution in [0.4, 0.5) is 0 Å². The Bertz CT molecular complexity index is 1130. The van der Waals surface area contributed by atoms with Crippen molar-refractivity contribution < 1.29 is 9.32 Å². The highest BCUT2D eigenvalue weighted by Gasteiger charge is 2.29. The van der Waals surface area contributed by atoms with E-state index in [1.807, 2.05) is 36.4 Å². The van der Waals surface area contributed by atoms with Crippen molar-refractivity contribution >= 4 is 16.8 Å². The molecule has 1 atom stereocenters. The number of hydrogen-bond acceptors (Lipinski definition) is 4. The zero-order chi connectivity index (χ0) is 18.9. The van der Waals surface area contributed by atoms with E-state index in [0.29, 0.717) is 18.0 Å². The second-order valence-corrected chi connectivity index (χ2v) is 7.12. The molecule has 0 unspecified atom stereocenters. The van der Waals surface area contributed by atoms with Crippen molar-refractivity contribution in [2.45, 2.75) is 31.7 Å². The maximum absolute atomic E-state index is 12.9. The zero-order valence-corrected chi connectivity index (χ0v) is 15.3. The van der Waals surface area contributed by atoms with Crippen molar-refractivity contribution in [2.75, 3.05) is 0 Å². The van der Waals surface area contributed by atoms with Gasteiger partial charge < -0.3 is 14.8 Å². The van der Waals surface area contributed by atoms with Gasteiger partial charge in [0.05, 0.1) is 18.2 Å². The number of aryl methyl sites for hydroxylation is 1. The highest BCUT2D eigenvalue weighted by atomic mass is 16.5. The first kappa shape index (κ1) is 16.7. The number of nitrogens with one attached hydrogen (secondary N) is 2. The van der Waals surface area contributed by atoms with Gasteiger partial charge in [0, 0.05) is 28.9 Å². The monoisotopic (exact) mass is 372 g/mol. The fourth-order valence-electron chi connectivity index (χ4n) is 4.01. The molecule has 0 spiro atoms. The first-order chi connectivity index (χ1) is 13.8. The van der Waals surface area contributed by atoms with Crippen LogP contribution in [0.15, 0.2) is 59.3 Å². The molecule has 0 saturated carbocycles. The van der Waals surface area contributed by atoms with E-state index in [4.69, 9.17) is 4.52 Å². The molecule has 0 saturated heterocycles. The summed E-state index contributed by atoms with van der Waals surface area (Å²) in [6.45, 7) is 0.310. The van der Waals surface area contributed by atoms with Gasteiger partial charge in [-0.05, 0) is 43.0 Å². The third-order valence-electron chi connectivity index (χ3n) is 5.35. The van der Waals surface area contributed by atoms with Gasteiger partial charge in [0.25, 0.3) is 0 Å². The van der Waals surface area contributed by atoms with E-state index in [1.165, 1.54) is 10.9 Å². The van der Waals surface area contributed by atoms with Crippen molar-refractivity contribution in [1.29, 1.82) is 0 Å². The predicted molar refractivity (Wildman–Crippen MR) is 106 cm³/mol. The number of rotatable bonds is 4. The van der Waals surface area contributed by atoms with Gasteiger partial charge in [-0.1, -0.05) is 29.4 Å². The lowest BCUT2D eigenvalue weighted by atomic mass is 9.86. The summed E-state index contributed by atoms with van der Waals surface area (Å²) in [5.74, 6) is 0.472. The third-order valence-corrected chi connectivity index (χ3v) is 5.35. The fourth-order valence-corrected chi connectivity index (χ4v) is 4.01. The van der Waals surface area contributed by atoms with Gasteiger partial charge >= 0.3 is 0 Å². The van der Waals surface area contributed by atoms with E-state index in [9.17, 15) is 4.79 Å².